The Morgan fingerprint density at radius 1 is 1.05 bits per heavy atom. The number of azo groups is 1. The molecule has 0 radical (unpaired) electrons. The fourth-order valence-electron chi connectivity index (χ4n) is 4.19. The molecule has 6 atom stereocenters. The van der Waals surface area contributed by atoms with Gasteiger partial charge < -0.3 is 5.21 Å². The van der Waals surface area contributed by atoms with E-state index in [0.717, 1.165) is 0 Å². The van der Waals surface area contributed by atoms with E-state index in [0.29, 0.717) is 11.3 Å². The van der Waals surface area contributed by atoms with Gasteiger partial charge in [0.25, 0.3) is 0 Å². The second-order valence-electron chi connectivity index (χ2n) is 5.47. The van der Waals surface area contributed by atoms with E-state index in [4.69, 9.17) is 69.6 Å². The van der Waals surface area contributed by atoms with E-state index in [-0.39, 0.29) is 27.9 Å². The third-order valence-electron chi connectivity index (χ3n) is 4.91. The Kier molecular flexibility index (Phi) is 2.45. The van der Waals surface area contributed by atoms with Crippen LogP contribution in [-0.4, -0.2) is 31.0 Å². The van der Waals surface area contributed by atoms with Crippen molar-refractivity contribution >= 4 is 69.6 Å². The second-order valence-corrected chi connectivity index (χ2v) is 8.74. The number of hydrogen-bond donors (Lipinski definition) is 0. The Morgan fingerprint density at radius 2 is 1.58 bits per heavy atom. The van der Waals surface area contributed by atoms with Gasteiger partial charge in [-0.15, -0.1) is 23.2 Å². The van der Waals surface area contributed by atoms with E-state index in [2.05, 4.69) is 5.11 Å². The summed E-state index contributed by atoms with van der Waals surface area (Å²) < 4.78 is -1.57. The molecule has 2 saturated carbocycles. The fraction of sp³-hybridized carbons (Fsp3) is 0.800. The molecule has 0 amide bonds. The molecule has 0 aromatic rings. The van der Waals surface area contributed by atoms with E-state index in [1.54, 1.807) is 0 Å². The summed E-state index contributed by atoms with van der Waals surface area (Å²) in [7, 11) is 0. The fourth-order valence-corrected chi connectivity index (χ4v) is 7.30. The maximum Gasteiger partial charge on any atom is 0.197 e. The minimum absolute atomic E-state index is 0.151. The first-order valence-corrected chi connectivity index (χ1v) is 7.94. The first-order chi connectivity index (χ1) is 8.69. The van der Waals surface area contributed by atoms with E-state index >= 15 is 0 Å². The maximum absolute atomic E-state index is 11.8. The summed E-state index contributed by atoms with van der Waals surface area (Å²) >= 11 is 38.7. The topological polar surface area (TPSA) is 38.4 Å². The molecule has 0 aromatic carbocycles. The summed E-state index contributed by atoms with van der Waals surface area (Å²) in [5.74, 6) is -0.622. The van der Waals surface area contributed by atoms with E-state index in [1.807, 2.05) is 0 Å². The van der Waals surface area contributed by atoms with Gasteiger partial charge in [-0.2, -0.15) is 0 Å². The van der Waals surface area contributed by atoms with Crippen molar-refractivity contribution in [2.45, 2.75) is 32.6 Å². The molecule has 0 N–H and O–H groups in total. The summed E-state index contributed by atoms with van der Waals surface area (Å²) in [6.45, 7) is 0. The quantitative estimate of drug-likeness (QED) is 0.268. The lowest BCUT2D eigenvalue weighted by Crippen LogP contribution is -2.47. The molecular weight excluding hydrogens is 377 g/mol. The zero-order valence-electron chi connectivity index (χ0n) is 9.09. The molecule has 0 aromatic heterocycles. The van der Waals surface area contributed by atoms with Crippen molar-refractivity contribution < 1.29 is 4.86 Å². The average Bonchev–Trinajstić information content (AvgIpc) is 2.95. The van der Waals surface area contributed by atoms with Crippen molar-refractivity contribution in [2.24, 2.45) is 17.0 Å². The van der Waals surface area contributed by atoms with E-state index in [1.165, 1.54) is 0 Å². The smallest absolute Gasteiger partial charge is 0.197 e. The Balaban J connectivity index is 2.01. The van der Waals surface area contributed by atoms with Gasteiger partial charge in [0.2, 0.25) is 0 Å². The van der Waals surface area contributed by atoms with Crippen LogP contribution in [0.5, 0.6) is 0 Å². The zero-order chi connectivity index (χ0) is 14.0. The molecule has 104 valence electrons. The lowest BCUT2D eigenvalue weighted by Gasteiger charge is -2.35. The highest BCUT2D eigenvalue weighted by Gasteiger charge is 2.88. The summed E-state index contributed by atoms with van der Waals surface area (Å²) in [4.78, 5) is -1.94. The number of hydroxylamine groups is 1. The highest BCUT2D eigenvalue weighted by molar-refractivity contribution is 6.65. The summed E-state index contributed by atoms with van der Waals surface area (Å²) in [6.07, 6.45) is 0.583. The first-order valence-electron chi connectivity index (χ1n) is 5.68. The largest absolute Gasteiger partial charge is 0.600 e. The van der Waals surface area contributed by atoms with Gasteiger partial charge in [0, 0.05) is 12.3 Å². The maximum atomic E-state index is 11.8. The van der Waals surface area contributed by atoms with Crippen LogP contribution in [-0.2, 0) is 0 Å². The Bertz CT molecular complexity index is 576. The molecular formula is C10H6Cl6N2O. The van der Waals surface area contributed by atoms with Crippen LogP contribution in [0.4, 0.5) is 0 Å². The zero-order valence-corrected chi connectivity index (χ0v) is 13.6. The predicted molar refractivity (Wildman–Crippen MR) is 75.6 cm³/mol. The SMILES string of the molecule is [O-][N+]1=N[C@@H]2C[C@H]1[C@H]1[C@@H]2[C@@]2(Cl)C(Cl)=C(Cl)[C@]1(Cl)C2(Cl)Cl. The van der Waals surface area contributed by atoms with Gasteiger partial charge in [-0.05, 0) is 5.11 Å². The number of hydrogen-bond acceptors (Lipinski definition) is 2. The van der Waals surface area contributed by atoms with Crippen molar-refractivity contribution in [1.29, 1.82) is 0 Å². The van der Waals surface area contributed by atoms with Crippen LogP contribution in [0.25, 0.3) is 0 Å². The molecule has 4 bridgehead atoms. The molecule has 1 aliphatic heterocycles. The highest BCUT2D eigenvalue weighted by Crippen LogP contribution is 2.79. The van der Waals surface area contributed by atoms with Crippen molar-refractivity contribution in [1.82, 2.24) is 0 Å². The molecule has 4 rings (SSSR count). The standard InChI is InChI=1S/C10H6Cl6N2O/c11-6-7(12)9(14)5-3-1-2(17-18(3)19)4(5)8(6,13)10(9,15)16/h2-5H,1H2/t2-,3+,4-,5+,8-,9+/m1/s1. The normalized spacial score (nSPS) is 56.8. The Hall–Kier alpha value is 0.880. The first kappa shape index (κ1) is 13.5. The van der Waals surface area contributed by atoms with Gasteiger partial charge in [-0.3, -0.25) is 0 Å². The van der Waals surface area contributed by atoms with Gasteiger partial charge >= 0.3 is 0 Å². The molecule has 0 unspecified atom stereocenters. The number of alkyl halides is 4. The van der Waals surface area contributed by atoms with Crippen molar-refractivity contribution in [3.8, 4) is 0 Å². The molecule has 4 aliphatic rings. The van der Waals surface area contributed by atoms with Crippen LogP contribution in [0.1, 0.15) is 6.42 Å². The van der Waals surface area contributed by atoms with Crippen LogP contribution in [0.15, 0.2) is 15.2 Å². The molecule has 0 saturated heterocycles. The monoisotopic (exact) mass is 380 g/mol. The molecule has 2 fully saturated rings. The summed E-state index contributed by atoms with van der Waals surface area (Å²) in [5.41, 5.74) is 0. The molecule has 3 nitrogen and oxygen atoms in total. The minimum Gasteiger partial charge on any atom is -0.600 e. The third kappa shape index (κ3) is 1.07. The van der Waals surface area contributed by atoms with Gasteiger partial charge in [0.05, 0.1) is 16.0 Å². The third-order valence-corrected chi connectivity index (χ3v) is 9.20. The molecule has 0 spiro atoms. The van der Waals surface area contributed by atoms with Crippen LogP contribution < -0.4 is 0 Å². The molecule has 19 heavy (non-hydrogen) atoms. The van der Waals surface area contributed by atoms with E-state index < -0.39 is 20.1 Å². The summed E-state index contributed by atoms with van der Waals surface area (Å²) in [5, 5.41) is 16.1. The predicted octanol–water partition coefficient (Wildman–Crippen LogP) is 4.18. The minimum atomic E-state index is -1.57. The van der Waals surface area contributed by atoms with Crippen molar-refractivity contribution in [3.05, 3.63) is 15.3 Å². The Labute approximate surface area is 139 Å². The van der Waals surface area contributed by atoms with Crippen LogP contribution in [0.3, 0.4) is 0 Å². The van der Waals surface area contributed by atoms with Gasteiger partial charge in [0.15, 0.2) is 10.4 Å². The summed E-state index contributed by atoms with van der Waals surface area (Å²) in [6, 6.07) is -0.662. The Morgan fingerprint density at radius 3 is 2.16 bits per heavy atom. The van der Waals surface area contributed by atoms with Gasteiger partial charge in [-0.1, -0.05) is 51.3 Å². The second kappa shape index (κ2) is 3.44. The number of halogens is 6. The lowest BCUT2D eigenvalue weighted by atomic mass is 9.81. The van der Waals surface area contributed by atoms with Crippen molar-refractivity contribution in [2.75, 3.05) is 0 Å². The molecule has 1 heterocycles. The van der Waals surface area contributed by atoms with Gasteiger partial charge in [-0.25, -0.2) is 0 Å². The van der Waals surface area contributed by atoms with Crippen LogP contribution >= 0.6 is 69.6 Å². The van der Waals surface area contributed by atoms with E-state index in [9.17, 15) is 5.21 Å². The number of fused-ring (bicyclic) bond motifs is 9. The van der Waals surface area contributed by atoms with Crippen LogP contribution in [0.2, 0.25) is 0 Å². The lowest BCUT2D eigenvalue weighted by molar-refractivity contribution is -0.568. The van der Waals surface area contributed by atoms with Crippen LogP contribution in [0, 0.1) is 17.0 Å². The number of allylic oxidation sites excluding steroid dienone is 2. The average molecular weight is 383 g/mol. The molecule has 3 aliphatic carbocycles. The van der Waals surface area contributed by atoms with Crippen molar-refractivity contribution in [3.63, 3.8) is 0 Å². The molecule has 9 heteroatoms. The highest BCUT2D eigenvalue weighted by atomic mass is 35.5. The van der Waals surface area contributed by atoms with Gasteiger partial charge in [0.1, 0.15) is 15.8 Å². The number of nitrogens with zero attached hydrogens (tertiary/aromatic N) is 2. The number of rotatable bonds is 0.